The smallest absolute Gasteiger partial charge is 0.191 e. The van der Waals surface area contributed by atoms with Crippen LogP contribution in [0.5, 0.6) is 0 Å². The van der Waals surface area contributed by atoms with Gasteiger partial charge in [-0.25, -0.2) is 4.98 Å². The van der Waals surface area contributed by atoms with Crippen molar-refractivity contribution >= 4 is 28.6 Å². The predicted molar refractivity (Wildman–Crippen MR) is 97.1 cm³/mol. The normalized spacial score (nSPS) is 13.4. The van der Waals surface area contributed by atoms with Gasteiger partial charge in [0.15, 0.2) is 5.96 Å². The number of thiophene rings is 1. The molecule has 0 aliphatic carbocycles. The van der Waals surface area contributed by atoms with Gasteiger partial charge in [0.2, 0.25) is 0 Å². The maximum atomic E-state index is 4.63. The van der Waals surface area contributed by atoms with Gasteiger partial charge in [0.05, 0.1) is 12.2 Å². The maximum Gasteiger partial charge on any atom is 0.191 e. The molecule has 0 saturated carbocycles. The van der Waals surface area contributed by atoms with Gasteiger partial charge in [0, 0.05) is 19.0 Å². The topological polar surface area (TPSA) is 49.3 Å². The Labute approximate surface area is 140 Å². The fourth-order valence-electron chi connectivity index (χ4n) is 1.97. The largest absolute Gasteiger partial charge is 0.356 e. The Bertz CT molecular complexity index is 587. The summed E-state index contributed by atoms with van der Waals surface area (Å²) < 4.78 is 0. The number of nitrogens with one attached hydrogen (secondary N) is 2. The van der Waals surface area contributed by atoms with Crippen molar-refractivity contribution in [2.45, 2.75) is 39.2 Å². The Morgan fingerprint density at radius 3 is 2.68 bits per heavy atom. The summed E-state index contributed by atoms with van der Waals surface area (Å²) in [4.78, 5) is 8.90. The van der Waals surface area contributed by atoms with Crippen molar-refractivity contribution in [2.24, 2.45) is 4.99 Å². The highest BCUT2D eigenvalue weighted by molar-refractivity contribution is 7.09. The van der Waals surface area contributed by atoms with Crippen LogP contribution in [0.15, 0.2) is 27.2 Å². The molecular weight excluding hydrogens is 312 g/mol. The number of aliphatic imine (C=N–C) groups is 1. The number of guanidine groups is 1. The zero-order chi connectivity index (χ0) is 15.9. The molecule has 0 aliphatic heterocycles. The highest BCUT2D eigenvalue weighted by atomic mass is 32.1. The lowest BCUT2D eigenvalue weighted by atomic mass is 10.1. The van der Waals surface area contributed by atoms with Gasteiger partial charge < -0.3 is 10.6 Å². The number of hydrogen-bond acceptors (Lipinski definition) is 4. The third kappa shape index (κ3) is 4.81. The molecule has 0 amide bonds. The van der Waals surface area contributed by atoms with Gasteiger partial charge in [0.1, 0.15) is 5.01 Å². The van der Waals surface area contributed by atoms with Crippen molar-refractivity contribution in [2.75, 3.05) is 13.6 Å². The Kier molecular flexibility index (Phi) is 6.39. The van der Waals surface area contributed by atoms with Crippen LogP contribution in [-0.4, -0.2) is 24.5 Å². The molecule has 0 aliphatic rings. The lowest BCUT2D eigenvalue weighted by Crippen LogP contribution is -2.38. The van der Waals surface area contributed by atoms with Crippen LogP contribution >= 0.6 is 22.7 Å². The van der Waals surface area contributed by atoms with Crippen LogP contribution < -0.4 is 10.6 Å². The Morgan fingerprint density at radius 2 is 2.09 bits per heavy atom. The molecule has 1 atom stereocenters. The summed E-state index contributed by atoms with van der Waals surface area (Å²) in [5, 5.41) is 14.3. The van der Waals surface area contributed by atoms with E-state index in [9.17, 15) is 0 Å². The van der Waals surface area contributed by atoms with Gasteiger partial charge in [-0.15, -0.1) is 11.3 Å². The number of nitrogens with zero attached hydrogens (tertiary/aromatic N) is 2. The van der Waals surface area contributed by atoms with Gasteiger partial charge in [0.25, 0.3) is 0 Å². The molecule has 1 unspecified atom stereocenters. The molecule has 0 saturated heterocycles. The van der Waals surface area contributed by atoms with E-state index in [1.54, 1.807) is 29.7 Å². The average molecular weight is 337 g/mol. The molecule has 4 nitrogen and oxygen atoms in total. The minimum Gasteiger partial charge on any atom is -0.356 e. The van der Waals surface area contributed by atoms with Crippen LogP contribution in [0, 0.1) is 0 Å². The minimum absolute atomic E-state index is 0.470. The molecule has 0 aromatic carbocycles. The second kappa shape index (κ2) is 8.29. The predicted octanol–water partition coefficient (Wildman–Crippen LogP) is 3.80. The summed E-state index contributed by atoms with van der Waals surface area (Å²) in [7, 11) is 1.80. The van der Waals surface area contributed by atoms with E-state index in [4.69, 9.17) is 0 Å². The lowest BCUT2D eigenvalue weighted by Gasteiger charge is -2.14. The Morgan fingerprint density at radius 1 is 1.27 bits per heavy atom. The first-order valence-corrected chi connectivity index (χ1v) is 9.33. The quantitative estimate of drug-likeness (QED) is 0.623. The molecule has 0 spiro atoms. The highest BCUT2D eigenvalue weighted by Gasteiger charge is 2.08. The van der Waals surface area contributed by atoms with Gasteiger partial charge in [-0.1, -0.05) is 20.8 Å². The summed E-state index contributed by atoms with van der Waals surface area (Å²) >= 11 is 3.44. The molecule has 120 valence electrons. The lowest BCUT2D eigenvalue weighted by molar-refractivity contribution is 0.699. The number of aromatic nitrogens is 1. The summed E-state index contributed by atoms with van der Waals surface area (Å²) in [5.41, 5.74) is 2.53. The van der Waals surface area contributed by atoms with Crippen LogP contribution in [0.2, 0.25) is 0 Å². The van der Waals surface area contributed by atoms with E-state index in [0.29, 0.717) is 18.4 Å². The molecule has 2 heterocycles. The standard InChI is InChI=1S/C16H24N4S2/c1-11(2)14-10-22-15(20-14)8-19-16(17-4)18-7-12(3)13-5-6-21-9-13/h5-6,9-12H,7-8H2,1-4H3,(H2,17,18,19). The van der Waals surface area contributed by atoms with Crippen LogP contribution in [0.4, 0.5) is 0 Å². The first-order valence-electron chi connectivity index (χ1n) is 7.51. The Hall–Kier alpha value is -1.40. The highest BCUT2D eigenvalue weighted by Crippen LogP contribution is 2.18. The first-order chi connectivity index (χ1) is 10.6. The van der Waals surface area contributed by atoms with Crippen molar-refractivity contribution in [3.05, 3.63) is 38.5 Å². The maximum absolute atomic E-state index is 4.63. The average Bonchev–Trinajstić information content (AvgIpc) is 3.18. The van der Waals surface area contributed by atoms with Crippen LogP contribution in [0.25, 0.3) is 0 Å². The summed E-state index contributed by atoms with van der Waals surface area (Å²) in [6.07, 6.45) is 0. The van der Waals surface area contributed by atoms with Crippen molar-refractivity contribution in [3.8, 4) is 0 Å². The summed E-state index contributed by atoms with van der Waals surface area (Å²) in [6.45, 7) is 8.13. The summed E-state index contributed by atoms with van der Waals surface area (Å²) in [6, 6.07) is 2.18. The van der Waals surface area contributed by atoms with Crippen molar-refractivity contribution in [1.29, 1.82) is 0 Å². The van der Waals surface area contributed by atoms with E-state index in [1.165, 1.54) is 5.56 Å². The van der Waals surface area contributed by atoms with Crippen LogP contribution in [-0.2, 0) is 6.54 Å². The van der Waals surface area contributed by atoms with E-state index in [1.807, 2.05) is 0 Å². The van der Waals surface area contributed by atoms with Gasteiger partial charge in [-0.2, -0.15) is 11.3 Å². The van der Waals surface area contributed by atoms with E-state index in [-0.39, 0.29) is 0 Å². The van der Waals surface area contributed by atoms with Crippen LogP contribution in [0.1, 0.15) is 48.9 Å². The summed E-state index contributed by atoms with van der Waals surface area (Å²) in [5.74, 6) is 1.77. The fraction of sp³-hybridized carbons (Fsp3) is 0.500. The molecule has 0 radical (unpaired) electrons. The van der Waals surface area contributed by atoms with Crippen molar-refractivity contribution in [1.82, 2.24) is 15.6 Å². The Balaban J connectivity index is 1.79. The molecule has 2 aromatic heterocycles. The third-order valence-corrected chi connectivity index (χ3v) is 5.05. The molecule has 0 fully saturated rings. The molecular formula is C16H24N4S2. The van der Waals surface area contributed by atoms with E-state index in [2.05, 4.69) is 63.6 Å². The SMILES string of the molecule is CN=C(NCc1nc(C(C)C)cs1)NCC(C)c1ccsc1. The third-order valence-electron chi connectivity index (χ3n) is 3.48. The molecule has 2 rings (SSSR count). The minimum atomic E-state index is 0.470. The molecule has 22 heavy (non-hydrogen) atoms. The zero-order valence-electron chi connectivity index (χ0n) is 13.6. The molecule has 2 aromatic rings. The van der Waals surface area contributed by atoms with E-state index >= 15 is 0 Å². The van der Waals surface area contributed by atoms with Gasteiger partial charge >= 0.3 is 0 Å². The van der Waals surface area contributed by atoms with Crippen molar-refractivity contribution < 1.29 is 0 Å². The first kappa shape index (κ1) is 17.0. The fourth-order valence-corrected chi connectivity index (χ4v) is 3.65. The van der Waals surface area contributed by atoms with E-state index in [0.717, 1.165) is 23.2 Å². The second-order valence-electron chi connectivity index (χ2n) is 5.59. The number of rotatable bonds is 6. The van der Waals surface area contributed by atoms with Crippen molar-refractivity contribution in [3.63, 3.8) is 0 Å². The zero-order valence-corrected chi connectivity index (χ0v) is 15.2. The molecule has 0 bridgehead atoms. The molecule has 2 N–H and O–H groups in total. The van der Waals surface area contributed by atoms with Gasteiger partial charge in [-0.3, -0.25) is 4.99 Å². The number of hydrogen-bond donors (Lipinski definition) is 2. The van der Waals surface area contributed by atoms with E-state index < -0.39 is 0 Å². The molecule has 6 heteroatoms. The van der Waals surface area contributed by atoms with Gasteiger partial charge in [-0.05, 0) is 34.2 Å². The monoisotopic (exact) mass is 336 g/mol. The number of thiazole rings is 1. The second-order valence-corrected chi connectivity index (χ2v) is 7.31. The van der Waals surface area contributed by atoms with Crippen LogP contribution in [0.3, 0.4) is 0 Å².